The van der Waals surface area contributed by atoms with Gasteiger partial charge in [0.05, 0.1) is 23.7 Å². The summed E-state index contributed by atoms with van der Waals surface area (Å²) in [4.78, 5) is 18.9. The van der Waals surface area contributed by atoms with Crippen molar-refractivity contribution in [1.82, 2.24) is 9.88 Å². The average Bonchev–Trinajstić information content (AvgIpc) is 2.47. The van der Waals surface area contributed by atoms with E-state index in [2.05, 4.69) is 4.98 Å². The van der Waals surface area contributed by atoms with Gasteiger partial charge in [-0.05, 0) is 26.0 Å². The molecule has 5 nitrogen and oxygen atoms in total. The molecule has 21 heavy (non-hydrogen) atoms. The first-order chi connectivity index (χ1) is 10.1. The molecular formula is C16H21N3O2. The number of nitrogens with two attached hydrogens (primary N) is 1. The van der Waals surface area contributed by atoms with Crippen LogP contribution in [0.25, 0.3) is 10.9 Å². The van der Waals surface area contributed by atoms with Crippen molar-refractivity contribution < 1.29 is 9.53 Å². The number of nitrogens with zero attached hydrogens (tertiary/aromatic N) is 2. The molecule has 0 aliphatic rings. The molecule has 1 amide bonds. The number of benzene rings is 1. The van der Waals surface area contributed by atoms with Crippen molar-refractivity contribution in [2.24, 2.45) is 0 Å². The molecule has 0 bridgehead atoms. The van der Waals surface area contributed by atoms with Crippen LogP contribution in [-0.4, -0.2) is 42.1 Å². The Kier molecular flexibility index (Phi) is 4.75. The summed E-state index contributed by atoms with van der Waals surface area (Å²) in [5.74, 6) is 0.305. The molecule has 5 heteroatoms. The van der Waals surface area contributed by atoms with Gasteiger partial charge in [-0.25, -0.2) is 4.98 Å². The van der Waals surface area contributed by atoms with E-state index in [1.807, 2.05) is 38.1 Å². The molecular weight excluding hydrogens is 266 g/mol. The first-order valence-corrected chi connectivity index (χ1v) is 7.03. The van der Waals surface area contributed by atoms with Crippen molar-refractivity contribution >= 4 is 22.6 Å². The fourth-order valence-corrected chi connectivity index (χ4v) is 2.51. The van der Waals surface area contributed by atoms with Crippen LogP contribution in [0.1, 0.15) is 24.2 Å². The maximum atomic E-state index is 12.8. The summed E-state index contributed by atoms with van der Waals surface area (Å²) < 4.78 is 5.15. The normalized spacial score (nSPS) is 12.3. The molecule has 0 radical (unpaired) electrons. The van der Waals surface area contributed by atoms with Gasteiger partial charge >= 0.3 is 0 Å². The van der Waals surface area contributed by atoms with Gasteiger partial charge in [0.2, 0.25) is 0 Å². The maximum absolute atomic E-state index is 12.8. The zero-order valence-electron chi connectivity index (χ0n) is 12.7. The highest BCUT2D eigenvalue weighted by atomic mass is 16.5. The zero-order chi connectivity index (χ0) is 15.4. The number of ether oxygens (including phenoxy) is 1. The summed E-state index contributed by atoms with van der Waals surface area (Å²) in [6, 6.07) is 9.18. The number of pyridine rings is 1. The van der Waals surface area contributed by atoms with Crippen molar-refractivity contribution in [2.75, 3.05) is 26.0 Å². The minimum atomic E-state index is -0.0487. The van der Waals surface area contributed by atoms with Gasteiger partial charge in [0, 0.05) is 19.0 Å². The number of amides is 1. The topological polar surface area (TPSA) is 68.5 Å². The van der Waals surface area contributed by atoms with Gasteiger partial charge in [0.1, 0.15) is 5.82 Å². The Morgan fingerprint density at radius 1 is 1.43 bits per heavy atom. The molecule has 1 atom stereocenters. The van der Waals surface area contributed by atoms with Gasteiger partial charge in [-0.1, -0.05) is 18.2 Å². The molecule has 0 saturated carbocycles. The second-order valence-corrected chi connectivity index (χ2v) is 5.01. The Morgan fingerprint density at radius 3 is 2.81 bits per heavy atom. The summed E-state index contributed by atoms with van der Waals surface area (Å²) in [7, 11) is 1.63. The Hall–Kier alpha value is -2.14. The lowest BCUT2D eigenvalue weighted by atomic mass is 10.1. The molecule has 2 aromatic rings. The molecule has 2 N–H and O–H groups in total. The maximum Gasteiger partial charge on any atom is 0.254 e. The van der Waals surface area contributed by atoms with Crippen molar-refractivity contribution in [1.29, 1.82) is 0 Å². The molecule has 112 valence electrons. The number of carbonyl (C=O) groups excluding carboxylic acids is 1. The van der Waals surface area contributed by atoms with Crippen LogP contribution < -0.4 is 5.73 Å². The highest BCUT2D eigenvalue weighted by Crippen LogP contribution is 2.21. The fourth-order valence-electron chi connectivity index (χ4n) is 2.51. The van der Waals surface area contributed by atoms with Crippen LogP contribution in [-0.2, 0) is 4.74 Å². The van der Waals surface area contributed by atoms with E-state index in [4.69, 9.17) is 10.5 Å². The van der Waals surface area contributed by atoms with Gasteiger partial charge in [0.25, 0.3) is 5.91 Å². The zero-order valence-corrected chi connectivity index (χ0v) is 12.7. The number of anilines is 1. The van der Waals surface area contributed by atoms with E-state index in [0.29, 0.717) is 24.5 Å². The van der Waals surface area contributed by atoms with Crippen LogP contribution in [0.3, 0.4) is 0 Å². The highest BCUT2D eigenvalue weighted by molar-refractivity contribution is 6.07. The second-order valence-electron chi connectivity index (χ2n) is 5.01. The van der Waals surface area contributed by atoms with Crippen molar-refractivity contribution in [3.05, 3.63) is 35.9 Å². The lowest BCUT2D eigenvalue weighted by molar-refractivity contribution is 0.0581. The highest BCUT2D eigenvalue weighted by Gasteiger charge is 2.22. The third-order valence-electron chi connectivity index (χ3n) is 3.51. The number of methoxy groups -OCH3 is 1. The molecule has 0 saturated heterocycles. The lowest BCUT2D eigenvalue weighted by Crippen LogP contribution is -2.41. The summed E-state index contributed by atoms with van der Waals surface area (Å²) in [5.41, 5.74) is 7.15. The lowest BCUT2D eigenvalue weighted by Gasteiger charge is -2.28. The second kappa shape index (κ2) is 6.54. The number of fused-ring (bicyclic) bond motifs is 1. The van der Waals surface area contributed by atoms with E-state index < -0.39 is 0 Å². The molecule has 2 rings (SSSR count). The summed E-state index contributed by atoms with van der Waals surface area (Å²) in [5, 5.41) is 0.819. The number of para-hydroxylation sites is 1. The van der Waals surface area contributed by atoms with Crippen LogP contribution in [0.2, 0.25) is 0 Å². The van der Waals surface area contributed by atoms with Crippen molar-refractivity contribution in [3.63, 3.8) is 0 Å². The predicted molar refractivity (Wildman–Crippen MR) is 84.2 cm³/mol. The molecule has 1 aromatic carbocycles. The first-order valence-electron chi connectivity index (χ1n) is 7.03. The van der Waals surface area contributed by atoms with Crippen molar-refractivity contribution in [2.45, 2.75) is 19.9 Å². The largest absolute Gasteiger partial charge is 0.384 e. The van der Waals surface area contributed by atoms with E-state index in [1.54, 1.807) is 18.1 Å². The first kappa shape index (κ1) is 15.3. The Balaban J connectivity index is 2.47. The Bertz CT molecular complexity index is 642. The van der Waals surface area contributed by atoms with E-state index in [-0.39, 0.29) is 11.9 Å². The number of hydrogen-bond acceptors (Lipinski definition) is 4. The number of hydrogen-bond donors (Lipinski definition) is 1. The van der Waals surface area contributed by atoms with E-state index in [1.165, 1.54) is 0 Å². The number of carbonyl (C=O) groups is 1. The average molecular weight is 287 g/mol. The van der Waals surface area contributed by atoms with Gasteiger partial charge in [0.15, 0.2) is 0 Å². The number of likely N-dealkylation sites (N-methyl/N-ethyl adjacent to an activating group) is 1. The van der Waals surface area contributed by atoms with E-state index in [9.17, 15) is 4.79 Å². The summed E-state index contributed by atoms with van der Waals surface area (Å²) in [6.45, 7) is 5.03. The molecule has 1 aromatic heterocycles. The van der Waals surface area contributed by atoms with Crippen LogP contribution in [0.4, 0.5) is 5.82 Å². The number of rotatable bonds is 5. The molecule has 1 heterocycles. The van der Waals surface area contributed by atoms with Gasteiger partial charge in [-0.2, -0.15) is 0 Å². The molecule has 0 aliphatic carbocycles. The minimum Gasteiger partial charge on any atom is -0.384 e. The van der Waals surface area contributed by atoms with Gasteiger partial charge in [-0.3, -0.25) is 4.79 Å². The minimum absolute atomic E-state index is 0.000604. The van der Waals surface area contributed by atoms with Crippen molar-refractivity contribution in [3.8, 4) is 0 Å². The molecule has 0 spiro atoms. The van der Waals surface area contributed by atoms with Gasteiger partial charge < -0.3 is 15.4 Å². The van der Waals surface area contributed by atoms with E-state index >= 15 is 0 Å². The molecule has 1 unspecified atom stereocenters. The van der Waals surface area contributed by atoms with Gasteiger partial charge in [-0.15, -0.1) is 0 Å². The SMILES string of the molecule is CCN(C(=O)c1cc(N)nc2ccccc12)C(C)COC. The third-order valence-corrected chi connectivity index (χ3v) is 3.51. The van der Waals surface area contributed by atoms with Crippen LogP contribution >= 0.6 is 0 Å². The van der Waals surface area contributed by atoms with Crippen LogP contribution in [0, 0.1) is 0 Å². The number of aromatic nitrogens is 1. The number of nitrogen functional groups attached to an aromatic ring is 1. The standard InChI is InChI=1S/C16H21N3O2/c1-4-19(11(2)10-21-3)16(20)13-9-15(17)18-14-8-6-5-7-12(13)14/h5-9,11H,4,10H2,1-3H3,(H2,17,18). The van der Waals surface area contributed by atoms with Crippen LogP contribution in [0.15, 0.2) is 30.3 Å². The van der Waals surface area contributed by atoms with Crippen LogP contribution in [0.5, 0.6) is 0 Å². The Morgan fingerprint density at radius 2 is 2.14 bits per heavy atom. The molecule has 0 aliphatic heterocycles. The smallest absolute Gasteiger partial charge is 0.254 e. The monoisotopic (exact) mass is 287 g/mol. The predicted octanol–water partition coefficient (Wildman–Crippen LogP) is 2.31. The molecule has 0 fully saturated rings. The summed E-state index contributed by atoms with van der Waals surface area (Å²) >= 11 is 0. The summed E-state index contributed by atoms with van der Waals surface area (Å²) in [6.07, 6.45) is 0. The third kappa shape index (κ3) is 3.13. The van der Waals surface area contributed by atoms with E-state index in [0.717, 1.165) is 10.9 Å². The Labute approximate surface area is 124 Å². The quantitative estimate of drug-likeness (QED) is 0.916. The fraction of sp³-hybridized carbons (Fsp3) is 0.375.